The summed E-state index contributed by atoms with van der Waals surface area (Å²) in [5, 5.41) is 7.87. The summed E-state index contributed by atoms with van der Waals surface area (Å²) in [6.45, 7) is 3.95. The molecule has 10 heteroatoms. The molecule has 0 saturated carbocycles. The van der Waals surface area contributed by atoms with Crippen molar-refractivity contribution in [1.82, 2.24) is 14.6 Å². The minimum absolute atomic E-state index is 0.179. The Balaban J connectivity index is 1.48. The van der Waals surface area contributed by atoms with Crippen molar-refractivity contribution in [3.05, 3.63) is 86.8 Å². The number of methoxy groups -OCH3 is 1. The van der Waals surface area contributed by atoms with Crippen LogP contribution in [-0.2, 0) is 17.8 Å². The van der Waals surface area contributed by atoms with Crippen LogP contribution in [0.1, 0.15) is 45.3 Å². The number of carbonyl (C=O) groups excluding carboxylic acids is 2. The lowest BCUT2D eigenvalue weighted by molar-refractivity contribution is 0.0469. The highest BCUT2D eigenvalue weighted by atomic mass is 32.1. The lowest BCUT2D eigenvalue weighted by Crippen LogP contribution is -2.18. The van der Waals surface area contributed by atoms with E-state index in [2.05, 4.69) is 29.2 Å². The summed E-state index contributed by atoms with van der Waals surface area (Å²) in [5.41, 5.74) is 0.847. The van der Waals surface area contributed by atoms with Crippen molar-refractivity contribution in [2.45, 2.75) is 26.9 Å². The number of esters is 1. The molecule has 0 aliphatic carbocycles. The van der Waals surface area contributed by atoms with Crippen molar-refractivity contribution in [3.63, 3.8) is 0 Å². The number of fused-ring (bicyclic) bond motifs is 1. The molecule has 180 valence electrons. The van der Waals surface area contributed by atoms with Crippen LogP contribution in [0.4, 0.5) is 5.69 Å². The van der Waals surface area contributed by atoms with Gasteiger partial charge in [-0.3, -0.25) is 9.59 Å². The molecule has 0 bridgehead atoms. The van der Waals surface area contributed by atoms with E-state index in [1.54, 1.807) is 48.5 Å². The molecule has 2 aromatic carbocycles. The molecule has 2 aromatic heterocycles. The minimum atomic E-state index is -0.654. The maximum atomic E-state index is 12.8. The molecular formula is C25H24N4O5S. The van der Waals surface area contributed by atoms with Gasteiger partial charge in [0.15, 0.2) is 0 Å². The lowest BCUT2D eigenvalue weighted by Gasteiger charge is -2.11. The molecule has 0 aliphatic heterocycles. The fourth-order valence-corrected chi connectivity index (χ4v) is 4.48. The Morgan fingerprint density at radius 1 is 1.11 bits per heavy atom. The number of ether oxygens (including phenoxy) is 2. The average molecular weight is 493 g/mol. The van der Waals surface area contributed by atoms with Gasteiger partial charge in [-0.1, -0.05) is 43.4 Å². The van der Waals surface area contributed by atoms with Gasteiger partial charge >= 0.3 is 5.97 Å². The second-order valence-electron chi connectivity index (χ2n) is 8.18. The van der Waals surface area contributed by atoms with Crippen LogP contribution >= 0.6 is 11.3 Å². The van der Waals surface area contributed by atoms with Crippen LogP contribution in [-0.4, -0.2) is 33.6 Å². The molecule has 1 amide bonds. The number of hydrogen-bond donors (Lipinski definition) is 1. The van der Waals surface area contributed by atoms with Crippen molar-refractivity contribution < 1.29 is 19.1 Å². The fraction of sp³-hybridized carbons (Fsp3) is 0.240. The predicted octanol–water partition coefficient (Wildman–Crippen LogP) is 3.97. The number of aromatic nitrogens is 3. The van der Waals surface area contributed by atoms with Crippen LogP contribution in [0.2, 0.25) is 0 Å². The van der Waals surface area contributed by atoms with Gasteiger partial charge in [0.25, 0.3) is 11.5 Å². The summed E-state index contributed by atoms with van der Waals surface area (Å²) in [5.74, 6) is -0.107. The predicted molar refractivity (Wildman–Crippen MR) is 132 cm³/mol. The number of benzene rings is 2. The molecule has 0 fully saturated rings. The molecule has 9 nitrogen and oxygen atoms in total. The molecular weight excluding hydrogens is 468 g/mol. The van der Waals surface area contributed by atoms with Crippen molar-refractivity contribution in [2.75, 3.05) is 12.4 Å². The van der Waals surface area contributed by atoms with Crippen LogP contribution in [0, 0.1) is 5.92 Å². The molecule has 4 rings (SSSR count). The lowest BCUT2D eigenvalue weighted by atomic mass is 10.1. The Morgan fingerprint density at radius 3 is 2.69 bits per heavy atom. The third-order valence-electron chi connectivity index (χ3n) is 5.00. The second kappa shape index (κ2) is 10.5. The third-order valence-corrected chi connectivity index (χ3v) is 5.93. The topological polar surface area (TPSA) is 112 Å². The van der Waals surface area contributed by atoms with E-state index < -0.39 is 11.9 Å². The molecule has 35 heavy (non-hydrogen) atoms. The van der Waals surface area contributed by atoms with Gasteiger partial charge in [0, 0.05) is 18.1 Å². The summed E-state index contributed by atoms with van der Waals surface area (Å²) in [7, 11) is 1.52. The van der Waals surface area contributed by atoms with E-state index in [0.717, 1.165) is 11.4 Å². The van der Waals surface area contributed by atoms with Gasteiger partial charge in [0.05, 0.1) is 24.1 Å². The van der Waals surface area contributed by atoms with Crippen LogP contribution < -0.4 is 15.6 Å². The third kappa shape index (κ3) is 5.72. The zero-order chi connectivity index (χ0) is 24.9. The quantitative estimate of drug-likeness (QED) is 0.371. The summed E-state index contributed by atoms with van der Waals surface area (Å²) in [6.07, 6.45) is 0.746. The van der Waals surface area contributed by atoms with Gasteiger partial charge in [-0.25, -0.2) is 9.78 Å². The van der Waals surface area contributed by atoms with E-state index in [4.69, 9.17) is 9.47 Å². The number of carbonyl (C=O) groups is 2. The molecule has 4 aromatic rings. The molecule has 1 N–H and O–H groups in total. The SMILES string of the molecule is COc1cccc(C(=O)Nc2ccccc2C(=O)OCc2cc(=O)n3nc(CC(C)C)sc3n2)c1. The Kier molecular flexibility index (Phi) is 7.21. The number of hydrogen-bond acceptors (Lipinski definition) is 8. The molecule has 2 heterocycles. The van der Waals surface area contributed by atoms with E-state index in [1.165, 1.54) is 29.0 Å². The Bertz CT molecular complexity index is 1440. The smallest absolute Gasteiger partial charge is 0.340 e. The maximum absolute atomic E-state index is 12.8. The number of amides is 1. The highest BCUT2D eigenvalue weighted by Gasteiger charge is 2.17. The van der Waals surface area contributed by atoms with Crippen molar-refractivity contribution in [2.24, 2.45) is 5.92 Å². The molecule has 0 atom stereocenters. The first-order chi connectivity index (χ1) is 16.8. The van der Waals surface area contributed by atoms with E-state index in [1.807, 2.05) is 0 Å². The first-order valence-electron chi connectivity index (χ1n) is 10.9. The number of anilines is 1. The van der Waals surface area contributed by atoms with Crippen LogP contribution in [0.25, 0.3) is 4.96 Å². The molecule has 0 aliphatic rings. The van der Waals surface area contributed by atoms with Crippen LogP contribution in [0.3, 0.4) is 0 Å². The highest BCUT2D eigenvalue weighted by Crippen LogP contribution is 2.20. The van der Waals surface area contributed by atoms with Crippen LogP contribution in [0.5, 0.6) is 5.75 Å². The molecule has 0 radical (unpaired) electrons. The van der Waals surface area contributed by atoms with E-state index in [-0.39, 0.29) is 17.7 Å². The van der Waals surface area contributed by atoms with E-state index >= 15 is 0 Å². The first kappa shape index (κ1) is 24.1. The second-order valence-corrected chi connectivity index (χ2v) is 9.22. The fourth-order valence-electron chi connectivity index (χ4n) is 3.35. The largest absolute Gasteiger partial charge is 0.497 e. The number of rotatable bonds is 8. The maximum Gasteiger partial charge on any atom is 0.340 e. The van der Waals surface area contributed by atoms with Gasteiger partial charge in [-0.2, -0.15) is 9.61 Å². The van der Waals surface area contributed by atoms with Gasteiger partial charge < -0.3 is 14.8 Å². The van der Waals surface area contributed by atoms with Crippen molar-refractivity contribution in [1.29, 1.82) is 0 Å². The van der Waals surface area contributed by atoms with Crippen molar-refractivity contribution in [3.8, 4) is 5.75 Å². The van der Waals surface area contributed by atoms with Gasteiger partial charge in [-0.15, -0.1) is 0 Å². The van der Waals surface area contributed by atoms with Gasteiger partial charge in [0.1, 0.15) is 17.4 Å². The normalized spacial score (nSPS) is 11.0. The van der Waals surface area contributed by atoms with E-state index in [0.29, 0.717) is 33.6 Å². The highest BCUT2D eigenvalue weighted by molar-refractivity contribution is 7.16. The average Bonchev–Trinajstić information content (AvgIpc) is 3.25. The number of nitrogens with zero attached hydrogens (tertiary/aromatic N) is 3. The minimum Gasteiger partial charge on any atom is -0.497 e. The van der Waals surface area contributed by atoms with E-state index in [9.17, 15) is 14.4 Å². The Hall–Kier alpha value is -4.05. The van der Waals surface area contributed by atoms with Gasteiger partial charge in [-0.05, 0) is 36.2 Å². The number of para-hydroxylation sites is 1. The van der Waals surface area contributed by atoms with Gasteiger partial charge in [0.2, 0.25) is 4.96 Å². The summed E-state index contributed by atoms with van der Waals surface area (Å²) < 4.78 is 11.8. The summed E-state index contributed by atoms with van der Waals surface area (Å²) in [6, 6.07) is 14.5. The molecule has 0 unspecified atom stereocenters. The van der Waals surface area contributed by atoms with Crippen LogP contribution in [0.15, 0.2) is 59.4 Å². The summed E-state index contributed by atoms with van der Waals surface area (Å²) >= 11 is 1.34. The Labute approximate surface area is 205 Å². The monoisotopic (exact) mass is 492 g/mol. The number of nitrogens with one attached hydrogen (secondary N) is 1. The molecule has 0 saturated heterocycles. The standard InChI is InChI=1S/C25H24N4O5S/c1-15(2)11-21-28-29-22(30)13-17(26-25(29)35-21)14-34-24(32)19-9-4-5-10-20(19)27-23(31)16-7-6-8-18(12-16)33-3/h4-10,12-13,15H,11,14H2,1-3H3,(H,27,31). The Morgan fingerprint density at radius 2 is 1.91 bits per heavy atom. The zero-order valence-electron chi connectivity index (χ0n) is 19.5. The summed E-state index contributed by atoms with van der Waals surface area (Å²) in [4.78, 5) is 42.8. The van der Waals surface area contributed by atoms with Crippen molar-refractivity contribution >= 4 is 33.9 Å². The zero-order valence-corrected chi connectivity index (χ0v) is 20.3. The first-order valence-corrected chi connectivity index (χ1v) is 11.8. The molecule has 0 spiro atoms.